The van der Waals surface area contributed by atoms with Gasteiger partial charge in [-0.3, -0.25) is 0 Å². The highest BCUT2D eigenvalue weighted by Crippen LogP contribution is 2.32. The number of fused-ring (bicyclic) bond motifs is 1. The fraction of sp³-hybridized carbons (Fsp3) is 0.478. The number of aromatic nitrogens is 2. The van der Waals surface area contributed by atoms with E-state index in [1.807, 2.05) is 12.1 Å². The smallest absolute Gasteiger partial charge is 0.407 e. The van der Waals surface area contributed by atoms with Gasteiger partial charge in [0.05, 0.1) is 38.1 Å². The van der Waals surface area contributed by atoms with Gasteiger partial charge in [0.1, 0.15) is 5.82 Å². The van der Waals surface area contributed by atoms with Gasteiger partial charge in [-0.1, -0.05) is 6.92 Å². The molecule has 1 saturated heterocycles. The Hall–Kier alpha value is -3.44. The molecule has 2 aliphatic heterocycles. The topological polar surface area (TPSA) is 140 Å². The highest BCUT2D eigenvalue weighted by molar-refractivity contribution is 5.89. The van der Waals surface area contributed by atoms with Gasteiger partial charge < -0.3 is 35.4 Å². The second-order valence-electron chi connectivity index (χ2n) is 8.26. The summed E-state index contributed by atoms with van der Waals surface area (Å²) in [7, 11) is 0. The predicted octanol–water partition coefficient (Wildman–Crippen LogP) is 1.91. The third-order valence-electron chi connectivity index (χ3n) is 6.08. The summed E-state index contributed by atoms with van der Waals surface area (Å²) < 4.78 is 5.68. The van der Waals surface area contributed by atoms with Gasteiger partial charge in [-0.2, -0.15) is 0 Å². The molecular weight excluding hydrogens is 440 g/mol. The summed E-state index contributed by atoms with van der Waals surface area (Å²) in [5.74, 6) is 1.37. The zero-order valence-electron chi connectivity index (χ0n) is 19.2. The van der Waals surface area contributed by atoms with Gasteiger partial charge in [-0.25, -0.2) is 19.6 Å². The molecular formula is C23H30N6O5. The molecule has 182 valence electrons. The number of ether oxygens (including phenoxy) is 1. The number of aliphatic hydroxyl groups is 1. The van der Waals surface area contributed by atoms with Crippen LogP contribution in [0.1, 0.15) is 24.6 Å². The molecule has 0 saturated carbocycles. The first-order valence-corrected chi connectivity index (χ1v) is 11.5. The summed E-state index contributed by atoms with van der Waals surface area (Å²) in [6, 6.07) is 6.94. The maximum atomic E-state index is 11.8. The molecule has 3 heterocycles. The van der Waals surface area contributed by atoms with Gasteiger partial charge in [-0.05, 0) is 37.1 Å². The molecule has 1 unspecified atom stereocenters. The summed E-state index contributed by atoms with van der Waals surface area (Å²) in [5.41, 5.74) is 3.08. The van der Waals surface area contributed by atoms with Crippen molar-refractivity contribution in [3.05, 3.63) is 35.5 Å². The van der Waals surface area contributed by atoms with Crippen molar-refractivity contribution in [2.75, 3.05) is 49.7 Å². The van der Waals surface area contributed by atoms with E-state index in [2.05, 4.69) is 22.5 Å². The van der Waals surface area contributed by atoms with Crippen molar-refractivity contribution in [3.63, 3.8) is 0 Å². The molecule has 1 aromatic carbocycles. The van der Waals surface area contributed by atoms with E-state index in [9.17, 15) is 14.7 Å². The number of anilines is 2. The number of carboxylic acid groups (broad SMARTS) is 1. The second-order valence-corrected chi connectivity index (χ2v) is 8.26. The first-order chi connectivity index (χ1) is 16.5. The summed E-state index contributed by atoms with van der Waals surface area (Å²) in [6.45, 7) is 4.76. The van der Waals surface area contributed by atoms with E-state index in [1.54, 1.807) is 12.1 Å². The zero-order chi connectivity index (χ0) is 24.1. The van der Waals surface area contributed by atoms with Crippen LogP contribution in [0.5, 0.6) is 0 Å². The maximum absolute atomic E-state index is 11.8. The number of hydrogen-bond acceptors (Lipinski definition) is 7. The molecule has 1 atom stereocenters. The number of nitrogens with one attached hydrogen (secondary N) is 2. The fourth-order valence-electron chi connectivity index (χ4n) is 4.26. The summed E-state index contributed by atoms with van der Waals surface area (Å²) in [4.78, 5) is 36.8. The number of aliphatic hydroxyl groups excluding tert-OH is 1. The predicted molar refractivity (Wildman–Crippen MR) is 126 cm³/mol. The van der Waals surface area contributed by atoms with Crippen LogP contribution in [0.4, 0.5) is 21.1 Å². The Kier molecular flexibility index (Phi) is 7.43. The van der Waals surface area contributed by atoms with Crippen molar-refractivity contribution < 1.29 is 24.5 Å². The monoisotopic (exact) mass is 470 g/mol. The van der Waals surface area contributed by atoms with E-state index in [0.29, 0.717) is 37.7 Å². The Morgan fingerprint density at radius 3 is 2.71 bits per heavy atom. The van der Waals surface area contributed by atoms with Gasteiger partial charge in [0.25, 0.3) is 0 Å². The standard InChI is InChI=1S/C23H30N6O5/c1-2-17-14-34-12-10-29(17)21-18-7-9-28(23(32)33)13-19(18)26-20(27-21)15-3-5-16(6-4-15)25-22(31)24-8-11-30/h3-6,17,30H,2,7-14H2,1H3,(H,32,33)(H2,24,25,31). The lowest BCUT2D eigenvalue weighted by Gasteiger charge is -2.38. The van der Waals surface area contributed by atoms with Crippen molar-refractivity contribution >= 4 is 23.6 Å². The van der Waals surface area contributed by atoms with Crippen molar-refractivity contribution in [1.82, 2.24) is 20.2 Å². The molecule has 3 amide bonds. The molecule has 4 N–H and O–H groups in total. The van der Waals surface area contributed by atoms with Gasteiger partial charge in [-0.15, -0.1) is 0 Å². The number of morpholine rings is 1. The average Bonchev–Trinajstić information content (AvgIpc) is 2.86. The van der Waals surface area contributed by atoms with E-state index in [0.717, 1.165) is 35.6 Å². The molecule has 2 aromatic rings. The number of hydrogen-bond donors (Lipinski definition) is 4. The fourth-order valence-corrected chi connectivity index (χ4v) is 4.26. The number of rotatable bonds is 6. The van der Waals surface area contributed by atoms with Crippen LogP contribution < -0.4 is 15.5 Å². The van der Waals surface area contributed by atoms with E-state index in [4.69, 9.17) is 19.8 Å². The second kappa shape index (κ2) is 10.7. The summed E-state index contributed by atoms with van der Waals surface area (Å²) in [5, 5.41) is 23.6. The number of urea groups is 1. The Balaban J connectivity index is 1.66. The largest absolute Gasteiger partial charge is 0.465 e. The van der Waals surface area contributed by atoms with Crippen LogP contribution in [-0.4, -0.2) is 82.7 Å². The molecule has 11 heteroatoms. The van der Waals surface area contributed by atoms with Crippen LogP contribution in [0.25, 0.3) is 11.4 Å². The van der Waals surface area contributed by atoms with Crippen molar-refractivity contribution in [2.24, 2.45) is 0 Å². The number of carbonyl (C=O) groups is 2. The van der Waals surface area contributed by atoms with Gasteiger partial charge in [0, 0.05) is 36.4 Å². The molecule has 0 aliphatic carbocycles. The number of benzene rings is 1. The first-order valence-electron chi connectivity index (χ1n) is 11.5. The van der Waals surface area contributed by atoms with Crippen molar-refractivity contribution in [3.8, 4) is 11.4 Å². The Labute approximate surface area is 197 Å². The third-order valence-corrected chi connectivity index (χ3v) is 6.08. The minimum Gasteiger partial charge on any atom is -0.465 e. The minimum atomic E-state index is -0.958. The number of nitrogens with zero attached hydrogens (tertiary/aromatic N) is 4. The number of carbonyl (C=O) groups excluding carboxylic acids is 1. The zero-order valence-corrected chi connectivity index (χ0v) is 19.2. The molecule has 1 fully saturated rings. The van der Waals surface area contributed by atoms with E-state index in [-0.39, 0.29) is 25.7 Å². The van der Waals surface area contributed by atoms with Crippen LogP contribution in [0.3, 0.4) is 0 Å². The molecule has 0 radical (unpaired) electrons. The molecule has 0 spiro atoms. The molecule has 0 bridgehead atoms. The quantitative estimate of drug-likeness (QED) is 0.502. The number of amides is 3. The van der Waals surface area contributed by atoms with E-state index >= 15 is 0 Å². The molecule has 11 nitrogen and oxygen atoms in total. The minimum absolute atomic E-state index is 0.133. The molecule has 4 rings (SSSR count). The van der Waals surface area contributed by atoms with Crippen molar-refractivity contribution in [2.45, 2.75) is 32.4 Å². The van der Waals surface area contributed by atoms with E-state index in [1.165, 1.54) is 4.90 Å². The molecule has 1 aromatic heterocycles. The van der Waals surface area contributed by atoms with Crippen LogP contribution in [0.2, 0.25) is 0 Å². The van der Waals surface area contributed by atoms with Gasteiger partial charge in [0.15, 0.2) is 5.82 Å². The van der Waals surface area contributed by atoms with Gasteiger partial charge in [0.2, 0.25) is 0 Å². The lowest BCUT2D eigenvalue weighted by atomic mass is 10.0. The molecule has 34 heavy (non-hydrogen) atoms. The van der Waals surface area contributed by atoms with Crippen LogP contribution in [0.15, 0.2) is 24.3 Å². The lowest BCUT2D eigenvalue weighted by Crippen LogP contribution is -2.47. The Bertz CT molecular complexity index is 1030. The maximum Gasteiger partial charge on any atom is 0.407 e. The SMILES string of the molecule is CCC1COCCN1c1nc(-c2ccc(NC(=O)NCCO)cc2)nc2c1CCN(C(=O)O)C2. The molecule has 2 aliphatic rings. The average molecular weight is 471 g/mol. The van der Waals surface area contributed by atoms with Crippen LogP contribution in [0, 0.1) is 0 Å². The van der Waals surface area contributed by atoms with Crippen LogP contribution in [-0.2, 0) is 17.7 Å². The third kappa shape index (κ3) is 5.20. The Morgan fingerprint density at radius 2 is 2.00 bits per heavy atom. The highest BCUT2D eigenvalue weighted by atomic mass is 16.5. The van der Waals surface area contributed by atoms with E-state index < -0.39 is 12.1 Å². The highest BCUT2D eigenvalue weighted by Gasteiger charge is 2.31. The Morgan fingerprint density at radius 1 is 1.21 bits per heavy atom. The van der Waals surface area contributed by atoms with Crippen LogP contribution >= 0.6 is 0 Å². The van der Waals surface area contributed by atoms with Crippen molar-refractivity contribution in [1.29, 1.82) is 0 Å². The lowest BCUT2D eigenvalue weighted by molar-refractivity contribution is 0.0923. The summed E-state index contributed by atoms with van der Waals surface area (Å²) >= 11 is 0. The first kappa shape index (κ1) is 23.7. The normalized spacial score (nSPS) is 17.8. The van der Waals surface area contributed by atoms with Gasteiger partial charge >= 0.3 is 12.1 Å². The summed E-state index contributed by atoms with van der Waals surface area (Å²) in [6.07, 6.45) is 0.519.